The lowest BCUT2D eigenvalue weighted by Crippen LogP contribution is -2.06. The van der Waals surface area contributed by atoms with Gasteiger partial charge >= 0.3 is 0 Å². The molecule has 3 N–H and O–H groups in total. The minimum absolute atomic E-state index is 0. The average molecular weight is 234 g/mol. The first-order valence-corrected chi connectivity index (χ1v) is 3.97. The summed E-state index contributed by atoms with van der Waals surface area (Å²) in [6.45, 7) is 1.91. The zero-order valence-electron chi connectivity index (χ0n) is 7.73. The Hall–Kier alpha value is -0.770. The van der Waals surface area contributed by atoms with Crippen molar-refractivity contribution in [3.05, 3.63) is 30.1 Å². The number of fused-ring (bicyclic) bond motifs is 1. The van der Waals surface area contributed by atoms with Crippen LogP contribution in [-0.4, -0.2) is 9.97 Å². The SMILES string of the molecule is C[C@H](N)c1nc2ccccc2[nH]1.Cl.Cl. The molecule has 0 aliphatic carbocycles. The van der Waals surface area contributed by atoms with E-state index in [1.54, 1.807) is 0 Å². The van der Waals surface area contributed by atoms with Gasteiger partial charge in [0.15, 0.2) is 0 Å². The molecular formula is C9H13Cl2N3. The van der Waals surface area contributed by atoms with Gasteiger partial charge in [0.1, 0.15) is 5.82 Å². The van der Waals surface area contributed by atoms with E-state index >= 15 is 0 Å². The summed E-state index contributed by atoms with van der Waals surface area (Å²) >= 11 is 0. The molecule has 0 aliphatic heterocycles. The van der Waals surface area contributed by atoms with E-state index in [1.165, 1.54) is 0 Å². The molecular weight excluding hydrogens is 221 g/mol. The molecule has 0 amide bonds. The number of nitrogens with one attached hydrogen (secondary N) is 1. The number of nitrogens with zero attached hydrogens (tertiary/aromatic N) is 1. The van der Waals surface area contributed by atoms with Gasteiger partial charge in [-0.2, -0.15) is 0 Å². The van der Waals surface area contributed by atoms with Gasteiger partial charge < -0.3 is 10.7 Å². The molecule has 2 aromatic rings. The lowest BCUT2D eigenvalue weighted by atomic mass is 10.3. The quantitative estimate of drug-likeness (QED) is 0.796. The van der Waals surface area contributed by atoms with Crippen LogP contribution in [0.2, 0.25) is 0 Å². The molecule has 0 radical (unpaired) electrons. The Morgan fingerprint density at radius 1 is 1.29 bits per heavy atom. The Kier molecular flexibility index (Phi) is 4.91. The standard InChI is InChI=1S/C9H11N3.2ClH/c1-6(10)9-11-7-4-2-3-5-8(7)12-9;;/h2-6H,10H2,1H3,(H,11,12);2*1H/t6-;;/m0../s1. The van der Waals surface area contributed by atoms with Crippen molar-refractivity contribution in [2.24, 2.45) is 5.73 Å². The van der Waals surface area contributed by atoms with Crippen LogP contribution in [0.3, 0.4) is 0 Å². The third-order valence-electron chi connectivity index (χ3n) is 1.84. The largest absolute Gasteiger partial charge is 0.341 e. The first kappa shape index (κ1) is 13.2. The molecule has 0 unspecified atom stereocenters. The van der Waals surface area contributed by atoms with E-state index in [0.717, 1.165) is 16.9 Å². The number of benzene rings is 1. The van der Waals surface area contributed by atoms with Gasteiger partial charge in [0.25, 0.3) is 0 Å². The Morgan fingerprint density at radius 2 is 1.93 bits per heavy atom. The molecule has 0 aliphatic rings. The van der Waals surface area contributed by atoms with Gasteiger partial charge in [-0.25, -0.2) is 4.98 Å². The fourth-order valence-electron chi connectivity index (χ4n) is 1.19. The maximum Gasteiger partial charge on any atom is 0.123 e. The number of imidazole rings is 1. The van der Waals surface area contributed by atoms with Crippen LogP contribution < -0.4 is 5.73 Å². The number of hydrogen-bond donors (Lipinski definition) is 2. The minimum atomic E-state index is -0.0302. The Balaban J connectivity index is 0.000000845. The zero-order valence-corrected chi connectivity index (χ0v) is 9.36. The molecule has 78 valence electrons. The zero-order chi connectivity index (χ0) is 8.55. The number of aromatic amines is 1. The van der Waals surface area contributed by atoms with Crippen LogP contribution in [0.25, 0.3) is 11.0 Å². The van der Waals surface area contributed by atoms with Crippen LogP contribution in [0.5, 0.6) is 0 Å². The maximum absolute atomic E-state index is 5.68. The first-order valence-electron chi connectivity index (χ1n) is 3.97. The predicted octanol–water partition coefficient (Wildman–Crippen LogP) is 2.43. The molecule has 2 rings (SSSR count). The fourth-order valence-corrected chi connectivity index (χ4v) is 1.19. The average Bonchev–Trinajstić information content (AvgIpc) is 2.46. The summed E-state index contributed by atoms with van der Waals surface area (Å²) in [5.74, 6) is 0.844. The molecule has 0 bridgehead atoms. The van der Waals surface area contributed by atoms with Gasteiger partial charge in [-0.3, -0.25) is 0 Å². The molecule has 14 heavy (non-hydrogen) atoms. The maximum atomic E-state index is 5.68. The highest BCUT2D eigenvalue weighted by molar-refractivity contribution is 5.85. The second kappa shape index (κ2) is 5.20. The van der Waals surface area contributed by atoms with Crippen molar-refractivity contribution in [1.29, 1.82) is 0 Å². The molecule has 0 saturated heterocycles. The van der Waals surface area contributed by atoms with Crippen molar-refractivity contribution >= 4 is 35.8 Å². The van der Waals surface area contributed by atoms with E-state index in [1.807, 2.05) is 31.2 Å². The van der Waals surface area contributed by atoms with Crippen molar-refractivity contribution in [3.8, 4) is 0 Å². The second-order valence-corrected chi connectivity index (χ2v) is 2.93. The van der Waals surface area contributed by atoms with Crippen LogP contribution in [0, 0.1) is 0 Å². The van der Waals surface area contributed by atoms with Gasteiger partial charge in [0, 0.05) is 0 Å². The number of aromatic nitrogens is 2. The van der Waals surface area contributed by atoms with Gasteiger partial charge in [-0.15, -0.1) is 24.8 Å². The molecule has 3 nitrogen and oxygen atoms in total. The van der Waals surface area contributed by atoms with Gasteiger partial charge in [-0.1, -0.05) is 12.1 Å². The number of H-pyrrole nitrogens is 1. The lowest BCUT2D eigenvalue weighted by molar-refractivity contribution is 0.760. The first-order chi connectivity index (χ1) is 5.77. The van der Waals surface area contributed by atoms with E-state index in [0.29, 0.717) is 0 Å². The summed E-state index contributed by atoms with van der Waals surface area (Å²) in [5.41, 5.74) is 7.71. The third-order valence-corrected chi connectivity index (χ3v) is 1.84. The second-order valence-electron chi connectivity index (χ2n) is 2.93. The van der Waals surface area contributed by atoms with Crippen molar-refractivity contribution in [2.75, 3.05) is 0 Å². The van der Waals surface area contributed by atoms with Crippen LogP contribution in [0.15, 0.2) is 24.3 Å². The Morgan fingerprint density at radius 3 is 2.50 bits per heavy atom. The number of para-hydroxylation sites is 2. The van der Waals surface area contributed by atoms with E-state index in [2.05, 4.69) is 9.97 Å². The number of hydrogen-bond acceptors (Lipinski definition) is 2. The van der Waals surface area contributed by atoms with E-state index in [4.69, 9.17) is 5.73 Å². The molecule has 1 heterocycles. The molecule has 5 heteroatoms. The molecule has 0 fully saturated rings. The number of nitrogens with two attached hydrogens (primary N) is 1. The summed E-state index contributed by atoms with van der Waals surface area (Å²) < 4.78 is 0. The highest BCUT2D eigenvalue weighted by Crippen LogP contribution is 2.13. The van der Waals surface area contributed by atoms with Crippen molar-refractivity contribution in [3.63, 3.8) is 0 Å². The molecule has 1 aromatic carbocycles. The van der Waals surface area contributed by atoms with Crippen molar-refractivity contribution in [2.45, 2.75) is 13.0 Å². The van der Waals surface area contributed by atoms with Crippen molar-refractivity contribution < 1.29 is 0 Å². The predicted molar refractivity (Wildman–Crippen MR) is 63.2 cm³/mol. The van der Waals surface area contributed by atoms with Gasteiger partial charge in [0.2, 0.25) is 0 Å². The molecule has 1 aromatic heterocycles. The van der Waals surface area contributed by atoms with Crippen molar-refractivity contribution in [1.82, 2.24) is 9.97 Å². The van der Waals surface area contributed by atoms with Crippen LogP contribution in [0.1, 0.15) is 18.8 Å². The Labute approximate surface area is 94.9 Å². The highest BCUT2D eigenvalue weighted by Gasteiger charge is 2.04. The Bertz CT molecular complexity index is 365. The topological polar surface area (TPSA) is 54.7 Å². The van der Waals surface area contributed by atoms with Crippen LogP contribution in [-0.2, 0) is 0 Å². The monoisotopic (exact) mass is 233 g/mol. The summed E-state index contributed by atoms with van der Waals surface area (Å²) in [5, 5.41) is 0. The lowest BCUT2D eigenvalue weighted by Gasteiger charge is -1.96. The summed E-state index contributed by atoms with van der Waals surface area (Å²) in [6.07, 6.45) is 0. The summed E-state index contributed by atoms with van der Waals surface area (Å²) in [4.78, 5) is 7.49. The van der Waals surface area contributed by atoms with Crippen LogP contribution >= 0.6 is 24.8 Å². The smallest absolute Gasteiger partial charge is 0.123 e. The normalized spacial score (nSPS) is 11.6. The highest BCUT2D eigenvalue weighted by atomic mass is 35.5. The molecule has 0 saturated carbocycles. The van der Waals surface area contributed by atoms with E-state index in [9.17, 15) is 0 Å². The number of rotatable bonds is 1. The minimum Gasteiger partial charge on any atom is -0.341 e. The summed E-state index contributed by atoms with van der Waals surface area (Å²) in [6, 6.07) is 7.88. The van der Waals surface area contributed by atoms with Gasteiger partial charge in [0.05, 0.1) is 17.1 Å². The van der Waals surface area contributed by atoms with E-state index < -0.39 is 0 Å². The van der Waals surface area contributed by atoms with E-state index in [-0.39, 0.29) is 30.9 Å². The van der Waals surface area contributed by atoms with Gasteiger partial charge in [-0.05, 0) is 19.1 Å². The molecule has 1 atom stereocenters. The number of halogens is 2. The van der Waals surface area contributed by atoms with Crippen LogP contribution in [0.4, 0.5) is 0 Å². The third kappa shape index (κ3) is 2.38. The fraction of sp³-hybridized carbons (Fsp3) is 0.222. The summed E-state index contributed by atoms with van der Waals surface area (Å²) in [7, 11) is 0. The molecule has 0 spiro atoms.